The zero-order valence-corrected chi connectivity index (χ0v) is 25.0. The third-order valence-electron chi connectivity index (χ3n) is 8.04. The Labute approximate surface area is 253 Å². The summed E-state index contributed by atoms with van der Waals surface area (Å²) in [5.74, 6) is 0.417. The first-order valence-corrected chi connectivity index (χ1v) is 14.8. The number of hydrogen-bond donors (Lipinski definition) is 4. The molecule has 3 heterocycles. The van der Waals surface area contributed by atoms with Crippen molar-refractivity contribution in [1.29, 1.82) is 0 Å². The van der Waals surface area contributed by atoms with Crippen molar-refractivity contribution in [3.8, 4) is 5.75 Å². The molecule has 0 amide bonds. The van der Waals surface area contributed by atoms with E-state index in [9.17, 15) is 24.9 Å². The Morgan fingerprint density at radius 3 is 2.67 bits per heavy atom. The number of aliphatic hydroxyl groups is 3. The van der Waals surface area contributed by atoms with E-state index in [1.165, 1.54) is 10.8 Å². The molecule has 1 aliphatic heterocycles. The molecule has 230 valence electrons. The first-order chi connectivity index (χ1) is 20.7. The van der Waals surface area contributed by atoms with E-state index in [-0.39, 0.29) is 32.1 Å². The van der Waals surface area contributed by atoms with Crippen LogP contribution in [0.4, 0.5) is 5.69 Å². The topological polar surface area (TPSA) is 148 Å². The van der Waals surface area contributed by atoms with Gasteiger partial charge < -0.3 is 30.1 Å². The second-order valence-corrected chi connectivity index (χ2v) is 11.5. The molecule has 4 atom stereocenters. The Bertz CT molecular complexity index is 1720. The number of aliphatic hydroxyl groups excluding tert-OH is 3. The van der Waals surface area contributed by atoms with Crippen LogP contribution in [0.5, 0.6) is 5.75 Å². The highest BCUT2D eigenvalue weighted by Crippen LogP contribution is 2.34. The zero-order chi connectivity index (χ0) is 30.7. The number of fused-ring (bicyclic) bond motifs is 2. The van der Waals surface area contributed by atoms with E-state index in [1.54, 1.807) is 14.0 Å². The molecule has 2 aromatic heterocycles. The van der Waals surface area contributed by atoms with Crippen molar-refractivity contribution in [2.75, 3.05) is 32.2 Å². The molecule has 2 aromatic carbocycles. The van der Waals surface area contributed by atoms with Gasteiger partial charge in [-0.15, -0.1) is 0 Å². The van der Waals surface area contributed by atoms with Crippen LogP contribution in [-0.2, 0) is 11.3 Å². The highest BCUT2D eigenvalue weighted by molar-refractivity contribution is 6.31. The second-order valence-electron chi connectivity index (χ2n) is 11.0. The quantitative estimate of drug-likeness (QED) is 0.140. The number of methoxy groups -OCH3 is 1. The number of nitrogens with one attached hydrogen (secondary N) is 1. The van der Waals surface area contributed by atoms with Gasteiger partial charge in [0.1, 0.15) is 18.1 Å². The number of aryl methyl sites for hydroxylation is 1. The van der Waals surface area contributed by atoms with Gasteiger partial charge in [-0.3, -0.25) is 13.9 Å². The fraction of sp³-hybridized carbons (Fsp3) is 0.452. The second kappa shape index (κ2) is 13.4. The minimum Gasteiger partial charge on any atom is -0.497 e. The Kier molecular flexibility index (Phi) is 9.68. The van der Waals surface area contributed by atoms with Crippen LogP contribution in [0, 0.1) is 12.8 Å². The SMILES string of the molecule is COc1ccc2nc3cc(Cl)ccc3c(NCCCCC(CO)Cn3c(=O)c(C)cn([C@H]4C[C@H](O)[C@@H](CO)O4)c3=O)c2c1. The standard InChI is InChI=1S/C31H37ClN4O7/c1-18-14-35(28-13-26(39)27(17-38)43-28)31(41)36(30(18)40)15-19(16-37)5-3-4-10-33-29-22-8-6-20(32)11-25(22)34-24-9-7-21(42-2)12-23(24)29/h6-9,11-12,14,19,26-28,37-39H,3-5,10,13,15-17H2,1-2H3,(H,33,34)/t19?,26-,27+,28+/m0/s1. The highest BCUT2D eigenvalue weighted by atomic mass is 35.5. The van der Waals surface area contributed by atoms with Crippen molar-refractivity contribution in [2.45, 2.75) is 57.6 Å². The van der Waals surface area contributed by atoms with Crippen LogP contribution in [0.25, 0.3) is 21.8 Å². The van der Waals surface area contributed by atoms with Crippen molar-refractivity contribution in [1.82, 2.24) is 14.1 Å². The van der Waals surface area contributed by atoms with Crippen LogP contribution >= 0.6 is 11.6 Å². The van der Waals surface area contributed by atoms with Crippen molar-refractivity contribution >= 4 is 39.1 Å². The average molecular weight is 613 g/mol. The van der Waals surface area contributed by atoms with Gasteiger partial charge in [0.05, 0.1) is 36.5 Å². The van der Waals surface area contributed by atoms with Crippen LogP contribution in [0.3, 0.4) is 0 Å². The fourth-order valence-corrected chi connectivity index (χ4v) is 5.83. The van der Waals surface area contributed by atoms with Crippen LogP contribution in [0.2, 0.25) is 5.02 Å². The van der Waals surface area contributed by atoms with Crippen molar-refractivity contribution in [2.24, 2.45) is 5.92 Å². The van der Waals surface area contributed by atoms with Crippen LogP contribution < -0.4 is 21.3 Å². The molecule has 4 aromatic rings. The lowest BCUT2D eigenvalue weighted by Crippen LogP contribution is -2.43. The van der Waals surface area contributed by atoms with E-state index in [2.05, 4.69) is 5.32 Å². The molecule has 0 saturated carbocycles. The van der Waals surface area contributed by atoms with Gasteiger partial charge in [-0.1, -0.05) is 18.0 Å². The van der Waals surface area contributed by atoms with E-state index < -0.39 is 29.7 Å². The van der Waals surface area contributed by atoms with Crippen molar-refractivity contribution in [3.63, 3.8) is 0 Å². The maximum absolute atomic E-state index is 13.3. The monoisotopic (exact) mass is 612 g/mol. The fourth-order valence-electron chi connectivity index (χ4n) is 5.66. The number of halogens is 1. The lowest BCUT2D eigenvalue weighted by Gasteiger charge is -2.20. The molecule has 0 radical (unpaired) electrons. The molecule has 0 aliphatic carbocycles. The number of nitrogens with zero attached hydrogens (tertiary/aromatic N) is 3. The Morgan fingerprint density at radius 1 is 1.14 bits per heavy atom. The number of ether oxygens (including phenoxy) is 2. The van der Waals surface area contributed by atoms with Crippen molar-refractivity contribution < 1.29 is 24.8 Å². The number of aromatic nitrogens is 3. The number of pyridine rings is 1. The largest absolute Gasteiger partial charge is 0.497 e. The molecule has 43 heavy (non-hydrogen) atoms. The van der Waals surface area contributed by atoms with E-state index in [1.807, 2.05) is 36.4 Å². The van der Waals surface area contributed by atoms with Gasteiger partial charge in [0.25, 0.3) is 5.56 Å². The Hall–Kier alpha value is -3.48. The van der Waals surface area contributed by atoms with Gasteiger partial charge in [0, 0.05) is 59.6 Å². The van der Waals surface area contributed by atoms with Crippen LogP contribution in [0.1, 0.15) is 37.5 Å². The predicted molar refractivity (Wildman–Crippen MR) is 165 cm³/mol. The van der Waals surface area contributed by atoms with Gasteiger partial charge in [-0.25, -0.2) is 9.78 Å². The minimum absolute atomic E-state index is 0.0577. The maximum atomic E-state index is 13.3. The van der Waals surface area contributed by atoms with E-state index in [0.29, 0.717) is 23.6 Å². The van der Waals surface area contributed by atoms with Crippen LogP contribution in [-0.4, -0.2) is 68.5 Å². The number of rotatable bonds is 12. The van der Waals surface area contributed by atoms with Gasteiger partial charge in [0.15, 0.2) is 0 Å². The highest BCUT2D eigenvalue weighted by Gasteiger charge is 2.35. The smallest absolute Gasteiger partial charge is 0.333 e. The van der Waals surface area contributed by atoms with E-state index >= 15 is 0 Å². The van der Waals surface area contributed by atoms with Gasteiger partial charge in [0.2, 0.25) is 0 Å². The number of benzene rings is 2. The van der Waals surface area contributed by atoms with Gasteiger partial charge >= 0.3 is 5.69 Å². The molecule has 1 aliphatic rings. The zero-order valence-electron chi connectivity index (χ0n) is 24.2. The van der Waals surface area contributed by atoms with E-state index in [0.717, 1.165) is 50.7 Å². The molecule has 0 spiro atoms. The first-order valence-electron chi connectivity index (χ1n) is 14.4. The minimum atomic E-state index is -0.913. The lowest BCUT2D eigenvalue weighted by atomic mass is 10.0. The van der Waals surface area contributed by atoms with Crippen LogP contribution in [0.15, 0.2) is 52.2 Å². The van der Waals surface area contributed by atoms with Gasteiger partial charge in [-0.2, -0.15) is 0 Å². The summed E-state index contributed by atoms with van der Waals surface area (Å²) in [6.07, 6.45) is 1.19. The molecule has 5 rings (SSSR count). The summed E-state index contributed by atoms with van der Waals surface area (Å²) < 4.78 is 13.5. The van der Waals surface area contributed by atoms with E-state index in [4.69, 9.17) is 26.1 Å². The third-order valence-corrected chi connectivity index (χ3v) is 8.28. The summed E-state index contributed by atoms with van der Waals surface area (Å²) in [5.41, 5.74) is 1.89. The molecule has 1 unspecified atom stereocenters. The molecular formula is C31H37ClN4O7. The normalized spacial score (nSPS) is 19.3. The first kappa shape index (κ1) is 31.0. The third kappa shape index (κ3) is 6.56. The molecule has 0 bridgehead atoms. The average Bonchev–Trinajstić information content (AvgIpc) is 3.39. The summed E-state index contributed by atoms with van der Waals surface area (Å²) in [5, 5.41) is 35.7. The summed E-state index contributed by atoms with van der Waals surface area (Å²) in [6.45, 7) is 1.76. The summed E-state index contributed by atoms with van der Waals surface area (Å²) in [4.78, 5) is 31.0. The molecule has 1 saturated heterocycles. The maximum Gasteiger partial charge on any atom is 0.333 e. The predicted octanol–water partition coefficient (Wildman–Crippen LogP) is 3.21. The molecule has 1 fully saturated rings. The number of unbranched alkanes of at least 4 members (excludes halogenated alkanes) is 1. The summed E-state index contributed by atoms with van der Waals surface area (Å²) >= 11 is 6.24. The number of anilines is 1. The summed E-state index contributed by atoms with van der Waals surface area (Å²) in [6, 6.07) is 11.4. The Balaban J connectivity index is 1.26. The lowest BCUT2D eigenvalue weighted by molar-refractivity contribution is -0.0464. The summed E-state index contributed by atoms with van der Waals surface area (Å²) in [7, 11) is 1.62. The molecule has 11 nitrogen and oxygen atoms in total. The number of hydrogen-bond acceptors (Lipinski definition) is 9. The van der Waals surface area contributed by atoms with Crippen molar-refractivity contribution in [3.05, 3.63) is 74.0 Å². The molecular weight excluding hydrogens is 576 g/mol. The van der Waals surface area contributed by atoms with Gasteiger partial charge in [-0.05, 0) is 56.2 Å². The Morgan fingerprint density at radius 2 is 1.95 bits per heavy atom. The molecule has 12 heteroatoms. The molecule has 4 N–H and O–H groups in total.